The van der Waals surface area contributed by atoms with E-state index in [1.807, 2.05) is 11.5 Å². The highest BCUT2D eigenvalue weighted by Crippen LogP contribution is 2.22. The first-order valence-corrected chi connectivity index (χ1v) is 8.87. The maximum atomic E-state index is 12.2. The van der Waals surface area contributed by atoms with E-state index in [4.69, 9.17) is 0 Å². The van der Waals surface area contributed by atoms with E-state index in [1.165, 1.54) is 18.4 Å². The molecule has 1 amide bonds. The molecule has 0 fully saturated rings. The molecule has 0 radical (unpaired) electrons. The number of hydrogen-bond donors (Lipinski definition) is 1. The summed E-state index contributed by atoms with van der Waals surface area (Å²) in [7, 11) is 1.11. The fourth-order valence-corrected chi connectivity index (χ4v) is 3.35. The maximum absolute atomic E-state index is 12.2. The molecule has 23 heavy (non-hydrogen) atoms. The Labute approximate surface area is 136 Å². The van der Waals surface area contributed by atoms with Crippen LogP contribution >= 0.6 is 0 Å². The summed E-state index contributed by atoms with van der Waals surface area (Å²) < 4.78 is 27.6. The quantitative estimate of drug-likeness (QED) is 0.851. The molecule has 0 spiro atoms. The van der Waals surface area contributed by atoms with E-state index in [1.54, 1.807) is 25.2 Å². The Morgan fingerprint density at radius 1 is 1.35 bits per heavy atom. The van der Waals surface area contributed by atoms with Gasteiger partial charge in [0.25, 0.3) is 0 Å². The molecule has 0 aliphatic carbocycles. The highest BCUT2D eigenvalue weighted by molar-refractivity contribution is 7.89. The Balaban J connectivity index is 2.46. The SMILES string of the molecule is CCn1c(CCC(=O)NC)nc2cc(S(=O)(=O)N(C)C)ccc21. The number of hydrogen-bond acceptors (Lipinski definition) is 4. The van der Waals surface area contributed by atoms with Crippen molar-refractivity contribution in [1.29, 1.82) is 0 Å². The summed E-state index contributed by atoms with van der Waals surface area (Å²) in [5.41, 5.74) is 1.50. The van der Waals surface area contributed by atoms with E-state index >= 15 is 0 Å². The van der Waals surface area contributed by atoms with Crippen molar-refractivity contribution < 1.29 is 13.2 Å². The number of nitrogens with zero attached hydrogens (tertiary/aromatic N) is 3. The summed E-state index contributed by atoms with van der Waals surface area (Å²) in [6.45, 7) is 2.70. The van der Waals surface area contributed by atoms with E-state index in [0.29, 0.717) is 24.9 Å². The molecule has 1 aromatic carbocycles. The molecule has 0 saturated carbocycles. The molecule has 0 atom stereocenters. The first-order chi connectivity index (χ1) is 10.8. The standard InChI is InChI=1S/C15H22N4O3S/c1-5-19-13-7-6-11(23(21,22)18(3)4)10-12(13)17-14(19)8-9-15(20)16-2/h6-7,10H,5,8-9H2,1-4H3,(H,16,20). The zero-order valence-electron chi connectivity index (χ0n) is 13.8. The molecule has 0 aliphatic heterocycles. The first kappa shape index (κ1) is 17.4. The first-order valence-electron chi connectivity index (χ1n) is 7.43. The van der Waals surface area contributed by atoms with Gasteiger partial charge >= 0.3 is 0 Å². The number of carbonyl (C=O) groups is 1. The predicted molar refractivity (Wildman–Crippen MR) is 88.7 cm³/mol. The molecule has 7 nitrogen and oxygen atoms in total. The average Bonchev–Trinajstić information content (AvgIpc) is 2.88. The summed E-state index contributed by atoms with van der Waals surface area (Å²) in [4.78, 5) is 16.2. The van der Waals surface area contributed by atoms with Crippen molar-refractivity contribution in [3.63, 3.8) is 0 Å². The van der Waals surface area contributed by atoms with Crippen LogP contribution in [0.3, 0.4) is 0 Å². The van der Waals surface area contributed by atoms with Gasteiger partial charge in [0.15, 0.2) is 0 Å². The van der Waals surface area contributed by atoms with Crippen molar-refractivity contribution in [3.8, 4) is 0 Å². The Kier molecular flexibility index (Phi) is 5.06. The van der Waals surface area contributed by atoms with Gasteiger partial charge in [-0.1, -0.05) is 0 Å². The van der Waals surface area contributed by atoms with Gasteiger partial charge in [0.1, 0.15) is 5.82 Å². The Morgan fingerprint density at radius 3 is 2.61 bits per heavy atom. The van der Waals surface area contributed by atoms with Crippen LogP contribution in [0.1, 0.15) is 19.2 Å². The van der Waals surface area contributed by atoms with Crippen LogP contribution in [0, 0.1) is 0 Å². The molecule has 0 bridgehead atoms. The van der Waals surface area contributed by atoms with Gasteiger partial charge in [0, 0.05) is 40.5 Å². The second-order valence-corrected chi connectivity index (χ2v) is 7.54. The third-order valence-corrected chi connectivity index (χ3v) is 5.56. The summed E-state index contributed by atoms with van der Waals surface area (Å²) >= 11 is 0. The monoisotopic (exact) mass is 338 g/mol. The van der Waals surface area contributed by atoms with Gasteiger partial charge in [-0.15, -0.1) is 0 Å². The lowest BCUT2D eigenvalue weighted by Crippen LogP contribution is -2.22. The Morgan fingerprint density at radius 2 is 2.04 bits per heavy atom. The van der Waals surface area contributed by atoms with Gasteiger partial charge in [-0.2, -0.15) is 0 Å². The van der Waals surface area contributed by atoms with Crippen molar-refractivity contribution in [3.05, 3.63) is 24.0 Å². The zero-order chi connectivity index (χ0) is 17.2. The second-order valence-electron chi connectivity index (χ2n) is 5.38. The average molecular weight is 338 g/mol. The molecule has 1 heterocycles. The minimum Gasteiger partial charge on any atom is -0.359 e. The van der Waals surface area contributed by atoms with Crippen LogP contribution in [0.2, 0.25) is 0 Å². The topological polar surface area (TPSA) is 84.3 Å². The maximum Gasteiger partial charge on any atom is 0.242 e. The third kappa shape index (κ3) is 3.37. The van der Waals surface area contributed by atoms with Crippen LogP contribution in [0.4, 0.5) is 0 Å². The molecule has 0 aliphatic rings. The van der Waals surface area contributed by atoms with Gasteiger partial charge in [-0.3, -0.25) is 4.79 Å². The van der Waals surface area contributed by atoms with Gasteiger partial charge in [0.05, 0.1) is 15.9 Å². The number of fused-ring (bicyclic) bond motifs is 1. The number of sulfonamides is 1. The smallest absolute Gasteiger partial charge is 0.242 e. The van der Waals surface area contributed by atoms with Gasteiger partial charge < -0.3 is 9.88 Å². The van der Waals surface area contributed by atoms with Crippen LogP contribution in [0.25, 0.3) is 11.0 Å². The van der Waals surface area contributed by atoms with E-state index < -0.39 is 10.0 Å². The fourth-order valence-electron chi connectivity index (χ4n) is 2.42. The minimum absolute atomic E-state index is 0.0458. The summed E-state index contributed by atoms with van der Waals surface area (Å²) in [5, 5.41) is 2.59. The third-order valence-electron chi connectivity index (χ3n) is 3.75. The van der Waals surface area contributed by atoms with Crippen LogP contribution in [0.15, 0.2) is 23.1 Å². The van der Waals surface area contributed by atoms with Crippen molar-refractivity contribution in [2.24, 2.45) is 0 Å². The second kappa shape index (κ2) is 6.67. The van der Waals surface area contributed by atoms with E-state index in [-0.39, 0.29) is 10.8 Å². The van der Waals surface area contributed by atoms with Gasteiger partial charge in [-0.05, 0) is 25.1 Å². The van der Waals surface area contributed by atoms with Crippen molar-refractivity contribution in [2.75, 3.05) is 21.1 Å². The van der Waals surface area contributed by atoms with Crippen LogP contribution in [-0.2, 0) is 27.8 Å². The van der Waals surface area contributed by atoms with Crippen molar-refractivity contribution >= 4 is 27.0 Å². The molecule has 0 unspecified atom stereocenters. The van der Waals surface area contributed by atoms with E-state index in [9.17, 15) is 13.2 Å². The zero-order valence-corrected chi connectivity index (χ0v) is 14.6. The molecular weight excluding hydrogens is 316 g/mol. The fraction of sp³-hybridized carbons (Fsp3) is 0.467. The number of aromatic nitrogens is 2. The molecular formula is C15H22N4O3S. The predicted octanol–water partition coefficient (Wildman–Crippen LogP) is 0.985. The van der Waals surface area contributed by atoms with Crippen LogP contribution in [-0.4, -0.2) is 49.3 Å². The van der Waals surface area contributed by atoms with Crippen molar-refractivity contribution in [1.82, 2.24) is 19.2 Å². The summed E-state index contributed by atoms with van der Waals surface area (Å²) in [5.74, 6) is 0.737. The number of carbonyl (C=O) groups excluding carboxylic acids is 1. The normalized spacial score (nSPS) is 12.0. The molecule has 2 aromatic rings. The Hall–Kier alpha value is -1.93. The number of benzene rings is 1. The minimum atomic E-state index is -3.49. The summed E-state index contributed by atoms with van der Waals surface area (Å²) in [6, 6.07) is 4.94. The van der Waals surface area contributed by atoms with Crippen LogP contribution in [0.5, 0.6) is 0 Å². The van der Waals surface area contributed by atoms with Gasteiger partial charge in [-0.25, -0.2) is 17.7 Å². The number of imidazole rings is 1. The highest BCUT2D eigenvalue weighted by atomic mass is 32.2. The largest absolute Gasteiger partial charge is 0.359 e. The van der Waals surface area contributed by atoms with Gasteiger partial charge in [0.2, 0.25) is 15.9 Å². The lowest BCUT2D eigenvalue weighted by atomic mass is 10.3. The number of amides is 1. The molecule has 1 aromatic heterocycles. The number of aryl methyl sites for hydroxylation is 2. The number of rotatable bonds is 6. The molecule has 0 saturated heterocycles. The molecule has 126 valence electrons. The van der Waals surface area contributed by atoms with E-state index in [2.05, 4.69) is 10.3 Å². The Bertz CT molecular complexity index is 825. The lowest BCUT2D eigenvalue weighted by Gasteiger charge is -2.11. The molecule has 8 heteroatoms. The molecule has 1 N–H and O–H groups in total. The highest BCUT2D eigenvalue weighted by Gasteiger charge is 2.19. The lowest BCUT2D eigenvalue weighted by molar-refractivity contribution is -0.120. The van der Waals surface area contributed by atoms with E-state index in [0.717, 1.165) is 11.3 Å². The van der Waals surface area contributed by atoms with Crippen molar-refractivity contribution in [2.45, 2.75) is 31.2 Å². The molecule has 2 rings (SSSR count). The number of nitrogens with one attached hydrogen (secondary N) is 1. The summed E-state index contributed by atoms with van der Waals surface area (Å²) in [6.07, 6.45) is 0.862. The van der Waals surface area contributed by atoms with Crippen LogP contribution < -0.4 is 5.32 Å².